The van der Waals surface area contributed by atoms with Crippen molar-refractivity contribution in [1.82, 2.24) is 9.55 Å². The number of imidazole rings is 1. The summed E-state index contributed by atoms with van der Waals surface area (Å²) in [6, 6.07) is 20.2. The van der Waals surface area contributed by atoms with Gasteiger partial charge in [-0.25, -0.2) is 9.55 Å². The van der Waals surface area contributed by atoms with Gasteiger partial charge in [-0.2, -0.15) is 0 Å². The number of ether oxygens (including phenoxy) is 2. The molecular formula is C21H16N2O3. The van der Waals surface area contributed by atoms with Crippen LogP contribution in [-0.4, -0.2) is 23.8 Å². The third-order valence-corrected chi connectivity index (χ3v) is 4.01. The molecule has 0 aliphatic rings. The first-order valence-corrected chi connectivity index (χ1v) is 8.05. The Morgan fingerprint density at radius 1 is 1.00 bits per heavy atom. The van der Waals surface area contributed by atoms with Crippen LogP contribution in [0.4, 0.5) is 0 Å². The Bertz CT molecular complexity index is 1120. The monoisotopic (exact) mass is 344 g/mol. The van der Waals surface area contributed by atoms with Gasteiger partial charge >= 0.3 is 0 Å². The molecule has 0 fully saturated rings. The molecule has 128 valence electrons. The molecule has 0 aliphatic heterocycles. The third kappa shape index (κ3) is 2.78. The molecule has 0 amide bonds. The van der Waals surface area contributed by atoms with Gasteiger partial charge in [0.2, 0.25) is 0 Å². The van der Waals surface area contributed by atoms with Crippen molar-refractivity contribution in [2.75, 3.05) is 14.2 Å². The summed E-state index contributed by atoms with van der Waals surface area (Å²) < 4.78 is 18.0. The molecule has 5 heteroatoms. The van der Waals surface area contributed by atoms with E-state index < -0.39 is 0 Å². The molecule has 26 heavy (non-hydrogen) atoms. The molecule has 2 aromatic carbocycles. The summed E-state index contributed by atoms with van der Waals surface area (Å²) in [4.78, 5) is 4.65. The molecule has 0 bridgehead atoms. The molecule has 0 radical (unpaired) electrons. The second-order valence-corrected chi connectivity index (χ2v) is 5.54. The SMILES string of the molecule is COc1ccc(OC)c(C#Cn2c(-c3ccco3)nc3ccccc32)c1. The number of hydrogen-bond donors (Lipinski definition) is 0. The van der Waals surface area contributed by atoms with E-state index in [1.165, 1.54) is 0 Å². The van der Waals surface area contributed by atoms with Gasteiger partial charge in [0.25, 0.3) is 0 Å². The van der Waals surface area contributed by atoms with Gasteiger partial charge in [-0.05, 0) is 48.4 Å². The average molecular weight is 344 g/mol. The van der Waals surface area contributed by atoms with E-state index in [-0.39, 0.29) is 0 Å². The lowest BCUT2D eigenvalue weighted by Gasteiger charge is -2.05. The molecule has 2 heterocycles. The standard InChI is InChI=1S/C21H16N2O3/c1-24-16-9-10-19(25-2)15(14-16)11-12-23-18-7-4-3-6-17(18)22-21(23)20-8-5-13-26-20/h3-10,13-14H,1-2H3. The van der Waals surface area contributed by atoms with Gasteiger partial charge in [0.15, 0.2) is 11.6 Å². The predicted octanol–water partition coefficient (Wildman–Crippen LogP) is 4.17. The van der Waals surface area contributed by atoms with Crippen molar-refractivity contribution in [3.8, 4) is 35.0 Å². The normalized spacial score (nSPS) is 10.4. The fourth-order valence-electron chi connectivity index (χ4n) is 2.74. The molecule has 0 aliphatic carbocycles. The number of methoxy groups -OCH3 is 2. The maximum Gasteiger partial charge on any atom is 0.189 e. The van der Waals surface area contributed by atoms with E-state index >= 15 is 0 Å². The first-order valence-electron chi connectivity index (χ1n) is 8.05. The van der Waals surface area contributed by atoms with E-state index in [1.807, 2.05) is 59.2 Å². The van der Waals surface area contributed by atoms with Gasteiger partial charge in [0.05, 0.1) is 37.1 Å². The predicted molar refractivity (Wildman–Crippen MR) is 99.3 cm³/mol. The van der Waals surface area contributed by atoms with Crippen LogP contribution in [0.3, 0.4) is 0 Å². The molecule has 0 atom stereocenters. The van der Waals surface area contributed by atoms with Gasteiger partial charge in [-0.3, -0.25) is 0 Å². The highest BCUT2D eigenvalue weighted by atomic mass is 16.5. The van der Waals surface area contributed by atoms with Crippen LogP contribution in [0.2, 0.25) is 0 Å². The van der Waals surface area contributed by atoms with Gasteiger partial charge in [0, 0.05) is 6.04 Å². The average Bonchev–Trinajstić information content (AvgIpc) is 3.33. The lowest BCUT2D eigenvalue weighted by Crippen LogP contribution is -1.94. The second kappa shape index (κ2) is 6.69. The summed E-state index contributed by atoms with van der Waals surface area (Å²) in [6.45, 7) is 0. The first-order chi connectivity index (χ1) is 12.8. The van der Waals surface area contributed by atoms with Crippen LogP contribution >= 0.6 is 0 Å². The minimum Gasteiger partial charge on any atom is -0.497 e. The Kier molecular flexibility index (Phi) is 4.08. The Morgan fingerprint density at radius 3 is 2.65 bits per heavy atom. The van der Waals surface area contributed by atoms with Gasteiger partial charge in [0.1, 0.15) is 11.5 Å². The highest BCUT2D eigenvalue weighted by molar-refractivity contribution is 5.81. The number of fused-ring (bicyclic) bond motifs is 1. The number of furan rings is 1. The summed E-state index contributed by atoms with van der Waals surface area (Å²) in [7, 11) is 3.24. The minimum atomic E-state index is 0.658. The van der Waals surface area contributed by atoms with Crippen molar-refractivity contribution in [2.24, 2.45) is 0 Å². The summed E-state index contributed by atoms with van der Waals surface area (Å²) >= 11 is 0. The van der Waals surface area contributed by atoms with Crippen LogP contribution in [0, 0.1) is 12.0 Å². The number of hydrogen-bond acceptors (Lipinski definition) is 4. The summed E-state index contributed by atoms with van der Waals surface area (Å²) in [6.07, 6.45) is 1.62. The molecule has 0 N–H and O–H groups in total. The fourth-order valence-corrected chi connectivity index (χ4v) is 2.74. The minimum absolute atomic E-state index is 0.658. The van der Waals surface area contributed by atoms with Crippen LogP contribution < -0.4 is 9.47 Å². The van der Waals surface area contributed by atoms with Crippen molar-refractivity contribution in [2.45, 2.75) is 0 Å². The quantitative estimate of drug-likeness (QED) is 0.523. The van der Waals surface area contributed by atoms with Crippen LogP contribution in [0.1, 0.15) is 5.56 Å². The molecule has 4 aromatic rings. The molecule has 0 unspecified atom stereocenters. The summed E-state index contributed by atoms with van der Waals surface area (Å²) in [5.41, 5.74) is 2.49. The molecule has 0 saturated carbocycles. The van der Waals surface area contributed by atoms with E-state index in [1.54, 1.807) is 20.5 Å². The Morgan fingerprint density at radius 2 is 1.88 bits per heavy atom. The van der Waals surface area contributed by atoms with E-state index in [9.17, 15) is 0 Å². The van der Waals surface area contributed by atoms with Crippen molar-refractivity contribution < 1.29 is 13.9 Å². The van der Waals surface area contributed by atoms with E-state index in [4.69, 9.17) is 13.9 Å². The van der Waals surface area contributed by atoms with E-state index in [0.29, 0.717) is 17.3 Å². The van der Waals surface area contributed by atoms with Crippen molar-refractivity contribution in [3.63, 3.8) is 0 Å². The van der Waals surface area contributed by atoms with Crippen LogP contribution in [0.25, 0.3) is 22.6 Å². The first kappa shape index (κ1) is 15.9. The number of aromatic nitrogens is 2. The van der Waals surface area contributed by atoms with Gasteiger partial charge in [-0.15, -0.1) is 0 Å². The van der Waals surface area contributed by atoms with Crippen LogP contribution in [-0.2, 0) is 0 Å². The number of para-hydroxylation sites is 2. The van der Waals surface area contributed by atoms with E-state index in [0.717, 1.165) is 22.3 Å². The number of rotatable bonds is 3. The zero-order valence-corrected chi connectivity index (χ0v) is 14.4. The lowest BCUT2D eigenvalue weighted by molar-refractivity contribution is 0.402. The molecule has 2 aromatic heterocycles. The zero-order chi connectivity index (χ0) is 17.9. The van der Waals surface area contributed by atoms with Crippen LogP contribution in [0.5, 0.6) is 11.5 Å². The molecule has 4 rings (SSSR count). The molecular weight excluding hydrogens is 328 g/mol. The highest BCUT2D eigenvalue weighted by Crippen LogP contribution is 2.26. The summed E-state index contributed by atoms with van der Waals surface area (Å²) in [5, 5.41) is 0. The Balaban J connectivity index is 1.89. The Labute approximate surface area is 150 Å². The summed E-state index contributed by atoms with van der Waals surface area (Å²) in [5.74, 6) is 5.88. The second-order valence-electron chi connectivity index (χ2n) is 5.54. The maximum absolute atomic E-state index is 5.53. The molecule has 0 saturated heterocycles. The van der Waals surface area contributed by atoms with Crippen molar-refractivity contribution in [3.05, 3.63) is 66.4 Å². The van der Waals surface area contributed by atoms with Crippen molar-refractivity contribution in [1.29, 1.82) is 0 Å². The lowest BCUT2D eigenvalue weighted by atomic mass is 10.2. The van der Waals surface area contributed by atoms with E-state index in [2.05, 4.69) is 16.9 Å². The largest absolute Gasteiger partial charge is 0.497 e. The maximum atomic E-state index is 5.53. The smallest absolute Gasteiger partial charge is 0.189 e. The van der Waals surface area contributed by atoms with Crippen LogP contribution in [0.15, 0.2) is 65.3 Å². The molecule has 5 nitrogen and oxygen atoms in total. The number of nitrogens with zero attached hydrogens (tertiary/aromatic N) is 2. The fraction of sp³-hybridized carbons (Fsp3) is 0.0952. The molecule has 0 spiro atoms. The van der Waals surface area contributed by atoms with Gasteiger partial charge in [-0.1, -0.05) is 12.1 Å². The zero-order valence-electron chi connectivity index (χ0n) is 14.4. The number of benzene rings is 2. The topological polar surface area (TPSA) is 49.4 Å². The third-order valence-electron chi connectivity index (χ3n) is 4.01. The van der Waals surface area contributed by atoms with Crippen molar-refractivity contribution >= 4 is 11.0 Å². The highest BCUT2D eigenvalue weighted by Gasteiger charge is 2.13. The Hall–Kier alpha value is -3.65. The van der Waals surface area contributed by atoms with Gasteiger partial charge < -0.3 is 13.9 Å².